The van der Waals surface area contributed by atoms with Gasteiger partial charge in [-0.25, -0.2) is 0 Å². The number of amides is 1. The summed E-state index contributed by atoms with van der Waals surface area (Å²) in [6.45, 7) is 0. The molecule has 0 saturated carbocycles. The number of carbonyl (C=O) groups excluding carboxylic acids is 1. The fourth-order valence-electron chi connectivity index (χ4n) is 2.39. The summed E-state index contributed by atoms with van der Waals surface area (Å²) in [4.78, 5) is 12.1. The van der Waals surface area contributed by atoms with Crippen molar-refractivity contribution < 1.29 is 9.53 Å². The Bertz CT molecular complexity index is 886. The number of nitrogens with zero attached hydrogens (tertiary/aromatic N) is 2. The topological polar surface area (TPSA) is 63.1 Å². The van der Waals surface area contributed by atoms with Gasteiger partial charge in [-0.15, -0.1) is 5.10 Å². The van der Waals surface area contributed by atoms with Crippen LogP contribution in [0.25, 0.3) is 0 Å². The molecular weight excluding hydrogens is 393 g/mol. The molecule has 1 aliphatic heterocycles. The molecule has 2 aromatic carbocycles. The van der Waals surface area contributed by atoms with E-state index in [9.17, 15) is 4.79 Å². The summed E-state index contributed by atoms with van der Waals surface area (Å²) in [5.41, 5.74) is 1.67. The fourth-order valence-corrected chi connectivity index (χ4v) is 3.83. The van der Waals surface area contributed by atoms with Crippen molar-refractivity contribution in [3.05, 3.63) is 63.6 Å². The van der Waals surface area contributed by atoms with Gasteiger partial charge in [-0.1, -0.05) is 53.2 Å². The van der Waals surface area contributed by atoms with Crippen molar-refractivity contribution in [3.63, 3.8) is 0 Å². The zero-order valence-electron chi connectivity index (χ0n) is 13.8. The van der Waals surface area contributed by atoms with Gasteiger partial charge < -0.3 is 10.1 Å². The maximum Gasteiger partial charge on any atom is 0.239 e. The standard InChI is InChI=1S/C18H15Cl2N3O2S/c1-25-15-5-3-2-4-12(15)10-21-23-18-22-17(24)16(26-18)8-11-6-7-13(19)9-14(11)20/h2-7,9-10,16H,8H2,1H3,(H,22,23,24)/b21-10-/t16-/m0/s1. The molecule has 8 heteroatoms. The fraction of sp³-hybridized carbons (Fsp3) is 0.167. The average molecular weight is 408 g/mol. The molecule has 26 heavy (non-hydrogen) atoms. The normalized spacial score (nSPS) is 18.5. The first-order valence-electron chi connectivity index (χ1n) is 7.72. The van der Waals surface area contributed by atoms with Gasteiger partial charge in [-0.3, -0.25) is 4.79 Å². The lowest BCUT2D eigenvalue weighted by Gasteiger charge is -2.07. The highest BCUT2D eigenvalue weighted by molar-refractivity contribution is 8.15. The molecule has 1 atom stereocenters. The Morgan fingerprint density at radius 3 is 2.85 bits per heavy atom. The van der Waals surface area contributed by atoms with Gasteiger partial charge in [0.05, 0.1) is 18.6 Å². The highest BCUT2D eigenvalue weighted by Gasteiger charge is 2.30. The number of ether oxygens (including phenoxy) is 1. The summed E-state index contributed by atoms with van der Waals surface area (Å²) in [7, 11) is 1.60. The minimum atomic E-state index is -0.311. The van der Waals surface area contributed by atoms with Gasteiger partial charge in [0.2, 0.25) is 5.91 Å². The van der Waals surface area contributed by atoms with Crippen molar-refractivity contribution >= 4 is 52.3 Å². The number of hydrogen-bond donors (Lipinski definition) is 1. The minimum absolute atomic E-state index is 0.118. The maximum absolute atomic E-state index is 12.1. The van der Waals surface area contributed by atoms with Crippen LogP contribution >= 0.6 is 35.0 Å². The lowest BCUT2D eigenvalue weighted by Crippen LogP contribution is -2.26. The van der Waals surface area contributed by atoms with Crippen LogP contribution in [0, 0.1) is 0 Å². The SMILES string of the molecule is COc1ccccc1/C=N\N=C1/NC(=O)[C@H](Cc2ccc(Cl)cc2Cl)S1. The van der Waals surface area contributed by atoms with Crippen molar-refractivity contribution in [2.45, 2.75) is 11.7 Å². The van der Waals surface area contributed by atoms with E-state index in [2.05, 4.69) is 15.5 Å². The third-order valence-electron chi connectivity index (χ3n) is 3.68. The Balaban J connectivity index is 1.67. The van der Waals surface area contributed by atoms with Crippen LogP contribution in [0.5, 0.6) is 5.75 Å². The molecule has 0 unspecified atom stereocenters. The molecule has 3 rings (SSSR count). The number of carbonyl (C=O) groups is 1. The number of amidine groups is 1. The monoisotopic (exact) mass is 407 g/mol. The molecule has 5 nitrogen and oxygen atoms in total. The number of rotatable bonds is 5. The van der Waals surface area contributed by atoms with E-state index in [-0.39, 0.29) is 11.2 Å². The van der Waals surface area contributed by atoms with E-state index < -0.39 is 0 Å². The van der Waals surface area contributed by atoms with E-state index in [1.807, 2.05) is 30.3 Å². The van der Waals surface area contributed by atoms with Crippen molar-refractivity contribution in [1.29, 1.82) is 0 Å². The van der Waals surface area contributed by atoms with Crippen LogP contribution < -0.4 is 10.1 Å². The second-order valence-corrected chi connectivity index (χ2v) is 7.46. The number of hydrogen-bond acceptors (Lipinski definition) is 5. The number of benzene rings is 2. The summed E-state index contributed by atoms with van der Waals surface area (Å²) in [5.74, 6) is 0.585. The quantitative estimate of drug-likeness (QED) is 0.597. The molecule has 1 amide bonds. The lowest BCUT2D eigenvalue weighted by molar-refractivity contribution is -0.118. The van der Waals surface area contributed by atoms with Crippen LogP contribution in [-0.2, 0) is 11.2 Å². The Hall–Kier alpha value is -2.02. The summed E-state index contributed by atoms with van der Waals surface area (Å²) in [6, 6.07) is 12.7. The molecule has 2 aromatic rings. The molecule has 0 aliphatic carbocycles. The number of halogens is 2. The van der Waals surface area contributed by atoms with Gasteiger partial charge in [-0.05, 0) is 36.2 Å². The molecule has 0 radical (unpaired) electrons. The van der Waals surface area contributed by atoms with Gasteiger partial charge in [0.15, 0.2) is 5.17 Å². The molecule has 1 aliphatic rings. The molecule has 0 bridgehead atoms. The third kappa shape index (κ3) is 4.58. The van der Waals surface area contributed by atoms with Gasteiger partial charge >= 0.3 is 0 Å². The first-order valence-corrected chi connectivity index (χ1v) is 9.36. The van der Waals surface area contributed by atoms with Crippen LogP contribution in [-0.4, -0.2) is 29.6 Å². The van der Waals surface area contributed by atoms with Gasteiger partial charge in [0.1, 0.15) is 5.75 Å². The van der Waals surface area contributed by atoms with E-state index in [0.717, 1.165) is 11.1 Å². The van der Waals surface area contributed by atoms with Crippen molar-refractivity contribution in [2.75, 3.05) is 7.11 Å². The van der Waals surface area contributed by atoms with Crippen LogP contribution in [0.4, 0.5) is 0 Å². The summed E-state index contributed by atoms with van der Waals surface area (Å²) in [5, 5.41) is 12.1. The Kier molecular flexibility index (Phi) is 6.19. The van der Waals surface area contributed by atoms with E-state index in [1.165, 1.54) is 11.8 Å². The van der Waals surface area contributed by atoms with Crippen LogP contribution in [0.2, 0.25) is 10.0 Å². The highest BCUT2D eigenvalue weighted by Crippen LogP contribution is 2.28. The number of para-hydroxylation sites is 1. The average Bonchev–Trinajstić information content (AvgIpc) is 2.97. The van der Waals surface area contributed by atoms with E-state index in [0.29, 0.717) is 27.4 Å². The zero-order valence-corrected chi connectivity index (χ0v) is 16.1. The second kappa shape index (κ2) is 8.58. The van der Waals surface area contributed by atoms with Crippen molar-refractivity contribution in [1.82, 2.24) is 5.32 Å². The Morgan fingerprint density at radius 2 is 2.08 bits per heavy atom. The van der Waals surface area contributed by atoms with E-state index in [4.69, 9.17) is 27.9 Å². The molecule has 0 aromatic heterocycles. The van der Waals surface area contributed by atoms with Crippen molar-refractivity contribution in [2.24, 2.45) is 10.2 Å². The predicted octanol–water partition coefficient (Wildman–Crippen LogP) is 4.17. The van der Waals surface area contributed by atoms with Crippen molar-refractivity contribution in [3.8, 4) is 5.75 Å². The van der Waals surface area contributed by atoms with E-state index in [1.54, 1.807) is 25.5 Å². The van der Waals surface area contributed by atoms with Gasteiger partial charge in [-0.2, -0.15) is 5.10 Å². The minimum Gasteiger partial charge on any atom is -0.496 e. The Labute approximate surface area is 165 Å². The van der Waals surface area contributed by atoms with E-state index >= 15 is 0 Å². The summed E-state index contributed by atoms with van der Waals surface area (Å²) < 4.78 is 5.25. The number of nitrogens with one attached hydrogen (secondary N) is 1. The molecule has 134 valence electrons. The third-order valence-corrected chi connectivity index (χ3v) is 5.34. The molecule has 1 N–H and O–H groups in total. The number of methoxy groups -OCH3 is 1. The maximum atomic E-state index is 12.1. The van der Waals surface area contributed by atoms with Crippen LogP contribution in [0.15, 0.2) is 52.7 Å². The molecule has 1 saturated heterocycles. The molecule has 1 heterocycles. The Morgan fingerprint density at radius 1 is 1.27 bits per heavy atom. The van der Waals surface area contributed by atoms with Crippen LogP contribution in [0.1, 0.15) is 11.1 Å². The van der Waals surface area contributed by atoms with Crippen LogP contribution in [0.3, 0.4) is 0 Å². The smallest absolute Gasteiger partial charge is 0.239 e. The zero-order chi connectivity index (χ0) is 18.5. The summed E-state index contributed by atoms with van der Waals surface area (Å²) in [6.07, 6.45) is 2.07. The highest BCUT2D eigenvalue weighted by atomic mass is 35.5. The molecular formula is C18H15Cl2N3O2S. The van der Waals surface area contributed by atoms with Gasteiger partial charge in [0.25, 0.3) is 0 Å². The molecule has 1 fully saturated rings. The second-order valence-electron chi connectivity index (χ2n) is 5.43. The first kappa shape index (κ1) is 18.8. The number of thioether (sulfide) groups is 1. The predicted molar refractivity (Wildman–Crippen MR) is 108 cm³/mol. The van der Waals surface area contributed by atoms with Gasteiger partial charge in [0, 0.05) is 15.6 Å². The largest absolute Gasteiger partial charge is 0.496 e. The first-order chi connectivity index (χ1) is 12.6. The summed E-state index contributed by atoms with van der Waals surface area (Å²) >= 11 is 13.4. The lowest BCUT2D eigenvalue weighted by atomic mass is 10.1. The molecule has 0 spiro atoms.